The predicted octanol–water partition coefficient (Wildman–Crippen LogP) is 3.40. The topological polar surface area (TPSA) is 24.1 Å². The first-order valence-corrected chi connectivity index (χ1v) is 6.41. The van der Waals surface area contributed by atoms with Crippen molar-refractivity contribution in [2.75, 3.05) is 25.0 Å². The van der Waals surface area contributed by atoms with Gasteiger partial charge in [-0.05, 0) is 44.0 Å². The first-order chi connectivity index (χ1) is 7.77. The third kappa shape index (κ3) is 3.03. The molecule has 0 spiro atoms. The molecule has 1 unspecified atom stereocenters. The van der Waals surface area contributed by atoms with Gasteiger partial charge in [0, 0.05) is 6.54 Å². The molecule has 88 valence electrons. The van der Waals surface area contributed by atoms with E-state index in [0.29, 0.717) is 16.0 Å². The fourth-order valence-electron chi connectivity index (χ4n) is 1.99. The van der Waals surface area contributed by atoms with Crippen molar-refractivity contribution in [1.29, 1.82) is 0 Å². The van der Waals surface area contributed by atoms with E-state index in [9.17, 15) is 0 Å². The molecule has 1 aromatic rings. The second-order valence-corrected chi connectivity index (χ2v) is 4.98. The Balaban J connectivity index is 1.91. The highest BCUT2D eigenvalue weighted by Crippen LogP contribution is 2.29. The van der Waals surface area contributed by atoms with Crippen LogP contribution in [-0.4, -0.2) is 19.6 Å². The van der Waals surface area contributed by atoms with E-state index < -0.39 is 0 Å². The molecule has 0 bridgehead atoms. The van der Waals surface area contributed by atoms with Gasteiger partial charge in [-0.2, -0.15) is 0 Å². The van der Waals surface area contributed by atoms with Gasteiger partial charge in [-0.1, -0.05) is 29.3 Å². The monoisotopic (exact) mass is 258 g/mol. The lowest BCUT2D eigenvalue weighted by Gasteiger charge is -2.23. The zero-order chi connectivity index (χ0) is 11.4. The van der Waals surface area contributed by atoms with E-state index in [4.69, 9.17) is 23.2 Å². The summed E-state index contributed by atoms with van der Waals surface area (Å²) in [5, 5.41) is 7.99. The van der Waals surface area contributed by atoms with Crippen LogP contribution in [0.1, 0.15) is 12.8 Å². The maximum absolute atomic E-state index is 6.10. The standard InChI is InChI=1S/C12H16Cl2N2/c13-10-4-1-5-11(12(10)14)16-8-9-3-2-6-15-7-9/h1,4-5,9,15-16H,2-3,6-8H2. The number of anilines is 1. The average Bonchev–Trinajstić information content (AvgIpc) is 2.32. The van der Waals surface area contributed by atoms with Crippen molar-refractivity contribution in [3.8, 4) is 0 Å². The molecule has 16 heavy (non-hydrogen) atoms. The highest BCUT2D eigenvalue weighted by Gasteiger charge is 2.13. The Labute approximate surface area is 106 Å². The highest BCUT2D eigenvalue weighted by molar-refractivity contribution is 6.43. The molecule has 1 heterocycles. The number of nitrogens with one attached hydrogen (secondary N) is 2. The summed E-state index contributed by atoms with van der Waals surface area (Å²) in [6.45, 7) is 3.19. The van der Waals surface area contributed by atoms with Crippen LogP contribution in [0.15, 0.2) is 18.2 Å². The summed E-state index contributed by atoms with van der Waals surface area (Å²) < 4.78 is 0. The lowest BCUT2D eigenvalue weighted by atomic mass is 10.00. The molecule has 1 aliphatic rings. The van der Waals surface area contributed by atoms with E-state index >= 15 is 0 Å². The quantitative estimate of drug-likeness (QED) is 0.869. The van der Waals surface area contributed by atoms with Crippen LogP contribution in [-0.2, 0) is 0 Å². The third-order valence-corrected chi connectivity index (χ3v) is 3.75. The molecule has 4 heteroatoms. The first kappa shape index (κ1) is 12.0. The predicted molar refractivity (Wildman–Crippen MR) is 70.5 cm³/mol. The summed E-state index contributed by atoms with van der Waals surface area (Å²) in [5.74, 6) is 0.684. The van der Waals surface area contributed by atoms with Crippen LogP contribution >= 0.6 is 23.2 Å². The van der Waals surface area contributed by atoms with Crippen molar-refractivity contribution < 1.29 is 0 Å². The van der Waals surface area contributed by atoms with Crippen molar-refractivity contribution in [1.82, 2.24) is 5.32 Å². The zero-order valence-electron chi connectivity index (χ0n) is 9.10. The van der Waals surface area contributed by atoms with E-state index in [0.717, 1.165) is 25.3 Å². The SMILES string of the molecule is Clc1cccc(NCC2CCCNC2)c1Cl. The summed E-state index contributed by atoms with van der Waals surface area (Å²) in [6.07, 6.45) is 2.54. The molecule has 1 aliphatic heterocycles. The van der Waals surface area contributed by atoms with Gasteiger partial charge in [0.2, 0.25) is 0 Å². The van der Waals surface area contributed by atoms with E-state index in [1.165, 1.54) is 12.8 Å². The molecule has 0 saturated carbocycles. The fraction of sp³-hybridized carbons (Fsp3) is 0.500. The maximum atomic E-state index is 6.10. The van der Waals surface area contributed by atoms with E-state index in [2.05, 4.69) is 10.6 Å². The van der Waals surface area contributed by atoms with Gasteiger partial charge in [0.05, 0.1) is 15.7 Å². The van der Waals surface area contributed by atoms with Gasteiger partial charge in [0.15, 0.2) is 0 Å². The second kappa shape index (κ2) is 5.76. The van der Waals surface area contributed by atoms with Crippen LogP contribution in [0, 0.1) is 5.92 Å². The Morgan fingerprint density at radius 3 is 3.00 bits per heavy atom. The molecule has 1 aromatic carbocycles. The van der Waals surface area contributed by atoms with Gasteiger partial charge in [0.1, 0.15) is 0 Å². The van der Waals surface area contributed by atoms with Crippen molar-refractivity contribution in [3.63, 3.8) is 0 Å². The lowest BCUT2D eigenvalue weighted by Crippen LogP contribution is -2.33. The van der Waals surface area contributed by atoms with Crippen molar-refractivity contribution >= 4 is 28.9 Å². The van der Waals surface area contributed by atoms with Crippen LogP contribution in [0.2, 0.25) is 10.0 Å². The normalized spacial score (nSPS) is 20.8. The number of rotatable bonds is 3. The van der Waals surface area contributed by atoms with Crippen LogP contribution in [0.25, 0.3) is 0 Å². The van der Waals surface area contributed by atoms with E-state index in [1.54, 1.807) is 6.07 Å². The minimum absolute atomic E-state index is 0.605. The van der Waals surface area contributed by atoms with Crippen molar-refractivity contribution in [2.45, 2.75) is 12.8 Å². The molecule has 1 fully saturated rings. The molecule has 2 nitrogen and oxygen atoms in total. The molecular weight excluding hydrogens is 243 g/mol. The lowest BCUT2D eigenvalue weighted by molar-refractivity contribution is 0.393. The molecule has 0 aliphatic carbocycles. The Morgan fingerprint density at radius 1 is 1.38 bits per heavy atom. The summed E-state index contributed by atoms with van der Waals surface area (Å²) in [7, 11) is 0. The smallest absolute Gasteiger partial charge is 0.0823 e. The van der Waals surface area contributed by atoms with Gasteiger partial charge >= 0.3 is 0 Å². The van der Waals surface area contributed by atoms with E-state index in [1.807, 2.05) is 12.1 Å². The second-order valence-electron chi connectivity index (χ2n) is 4.19. The van der Waals surface area contributed by atoms with Crippen LogP contribution in [0.5, 0.6) is 0 Å². The molecule has 0 radical (unpaired) electrons. The Hall–Kier alpha value is -0.440. The van der Waals surface area contributed by atoms with Crippen molar-refractivity contribution in [3.05, 3.63) is 28.2 Å². The molecule has 2 N–H and O–H groups in total. The number of benzene rings is 1. The van der Waals surface area contributed by atoms with Crippen LogP contribution < -0.4 is 10.6 Å². The van der Waals surface area contributed by atoms with E-state index in [-0.39, 0.29) is 0 Å². The molecule has 0 amide bonds. The Morgan fingerprint density at radius 2 is 2.25 bits per heavy atom. The number of hydrogen-bond donors (Lipinski definition) is 2. The summed E-state index contributed by atoms with van der Waals surface area (Å²) >= 11 is 12.1. The largest absolute Gasteiger partial charge is 0.383 e. The van der Waals surface area contributed by atoms with Gasteiger partial charge in [-0.25, -0.2) is 0 Å². The molecule has 0 aromatic heterocycles. The van der Waals surface area contributed by atoms with Crippen LogP contribution in [0.3, 0.4) is 0 Å². The molecular formula is C12H16Cl2N2. The van der Waals surface area contributed by atoms with Gasteiger partial charge in [-0.15, -0.1) is 0 Å². The van der Waals surface area contributed by atoms with Gasteiger partial charge < -0.3 is 10.6 Å². The summed E-state index contributed by atoms with van der Waals surface area (Å²) in [4.78, 5) is 0. The van der Waals surface area contributed by atoms with Gasteiger partial charge in [-0.3, -0.25) is 0 Å². The summed E-state index contributed by atoms with van der Waals surface area (Å²) in [5.41, 5.74) is 0.930. The van der Waals surface area contributed by atoms with Gasteiger partial charge in [0.25, 0.3) is 0 Å². The number of halogens is 2. The van der Waals surface area contributed by atoms with Crippen LogP contribution in [0.4, 0.5) is 5.69 Å². The minimum atomic E-state index is 0.605. The average molecular weight is 259 g/mol. The Bertz CT molecular complexity index is 349. The third-order valence-electron chi connectivity index (χ3n) is 2.93. The number of hydrogen-bond acceptors (Lipinski definition) is 2. The molecule has 1 atom stereocenters. The molecule has 1 saturated heterocycles. The fourth-order valence-corrected chi connectivity index (χ4v) is 2.36. The maximum Gasteiger partial charge on any atom is 0.0823 e. The number of piperidine rings is 1. The Kier molecular flexibility index (Phi) is 4.33. The molecule has 2 rings (SSSR count). The summed E-state index contributed by atoms with van der Waals surface area (Å²) in [6, 6.07) is 5.68. The highest BCUT2D eigenvalue weighted by atomic mass is 35.5. The first-order valence-electron chi connectivity index (χ1n) is 5.66. The van der Waals surface area contributed by atoms with Crippen molar-refractivity contribution in [2.24, 2.45) is 5.92 Å². The zero-order valence-corrected chi connectivity index (χ0v) is 10.6. The minimum Gasteiger partial charge on any atom is -0.383 e.